The number of hydrogen-bond acceptors (Lipinski definition) is 5. The Hall–Kier alpha value is -1.69. The topological polar surface area (TPSA) is 59.8 Å². The highest BCUT2D eigenvalue weighted by Crippen LogP contribution is 2.18. The van der Waals surface area contributed by atoms with Gasteiger partial charge < -0.3 is 5.32 Å². The quantitative estimate of drug-likeness (QED) is 0.895. The molecule has 18 heavy (non-hydrogen) atoms. The van der Waals surface area contributed by atoms with Crippen molar-refractivity contribution in [2.75, 3.05) is 11.9 Å². The predicted octanol–water partition coefficient (Wildman–Crippen LogP) is 1.88. The number of thiazole rings is 1. The van der Waals surface area contributed by atoms with E-state index in [9.17, 15) is 4.79 Å². The van der Waals surface area contributed by atoms with Gasteiger partial charge in [-0.3, -0.25) is 4.57 Å². The van der Waals surface area contributed by atoms with E-state index in [2.05, 4.69) is 22.2 Å². The zero-order valence-corrected chi connectivity index (χ0v) is 11.3. The summed E-state index contributed by atoms with van der Waals surface area (Å²) in [6, 6.07) is 1.83. The first-order valence-electron chi connectivity index (χ1n) is 5.91. The lowest BCUT2D eigenvalue weighted by Crippen LogP contribution is -2.22. The molecule has 6 heteroatoms. The SMILES string of the molecule is CCCNc1ncc(Cn2ccc(C)nc2=O)s1. The summed E-state index contributed by atoms with van der Waals surface area (Å²) in [5.41, 5.74) is 0.525. The van der Waals surface area contributed by atoms with Crippen LogP contribution in [0, 0.1) is 6.92 Å². The molecule has 2 rings (SSSR count). The van der Waals surface area contributed by atoms with E-state index in [-0.39, 0.29) is 5.69 Å². The van der Waals surface area contributed by atoms with Gasteiger partial charge in [0.1, 0.15) is 0 Å². The molecule has 96 valence electrons. The van der Waals surface area contributed by atoms with Gasteiger partial charge in [0.05, 0.1) is 6.54 Å². The van der Waals surface area contributed by atoms with Crippen molar-refractivity contribution in [3.8, 4) is 0 Å². The van der Waals surface area contributed by atoms with Crippen molar-refractivity contribution in [1.29, 1.82) is 0 Å². The van der Waals surface area contributed by atoms with E-state index >= 15 is 0 Å². The Morgan fingerprint density at radius 1 is 1.50 bits per heavy atom. The molecule has 0 fully saturated rings. The Morgan fingerprint density at radius 2 is 2.33 bits per heavy atom. The zero-order valence-electron chi connectivity index (χ0n) is 10.5. The van der Waals surface area contributed by atoms with Gasteiger partial charge in [-0.15, -0.1) is 11.3 Å². The van der Waals surface area contributed by atoms with Crippen molar-refractivity contribution in [2.24, 2.45) is 0 Å². The molecule has 2 aromatic heterocycles. The molecular formula is C12H16N4OS. The highest BCUT2D eigenvalue weighted by atomic mass is 32.1. The lowest BCUT2D eigenvalue weighted by Gasteiger charge is -2.02. The highest BCUT2D eigenvalue weighted by Gasteiger charge is 2.04. The third kappa shape index (κ3) is 3.16. The number of aromatic nitrogens is 3. The lowest BCUT2D eigenvalue weighted by atomic mass is 10.4. The van der Waals surface area contributed by atoms with E-state index in [1.165, 1.54) is 0 Å². The second-order valence-corrected chi connectivity index (χ2v) is 5.15. The highest BCUT2D eigenvalue weighted by molar-refractivity contribution is 7.15. The summed E-state index contributed by atoms with van der Waals surface area (Å²) in [4.78, 5) is 20.9. The van der Waals surface area contributed by atoms with E-state index in [0.717, 1.165) is 28.7 Å². The smallest absolute Gasteiger partial charge is 0.348 e. The second kappa shape index (κ2) is 5.77. The molecule has 2 aromatic rings. The molecule has 0 atom stereocenters. The van der Waals surface area contributed by atoms with E-state index in [0.29, 0.717) is 6.54 Å². The summed E-state index contributed by atoms with van der Waals surface area (Å²) < 4.78 is 1.59. The number of rotatable bonds is 5. The molecule has 2 heterocycles. The van der Waals surface area contributed by atoms with Gasteiger partial charge in [0.25, 0.3) is 0 Å². The van der Waals surface area contributed by atoms with Gasteiger partial charge in [-0.05, 0) is 19.4 Å². The minimum atomic E-state index is -0.216. The molecule has 0 unspecified atom stereocenters. The number of hydrogen-bond donors (Lipinski definition) is 1. The average molecular weight is 264 g/mol. The molecule has 0 amide bonds. The predicted molar refractivity (Wildman–Crippen MR) is 73.2 cm³/mol. The van der Waals surface area contributed by atoms with Crippen LogP contribution in [0.3, 0.4) is 0 Å². The molecule has 0 bridgehead atoms. The third-order valence-corrected chi connectivity index (χ3v) is 3.36. The van der Waals surface area contributed by atoms with Crippen molar-refractivity contribution in [1.82, 2.24) is 14.5 Å². The normalized spacial score (nSPS) is 10.6. The van der Waals surface area contributed by atoms with Crippen molar-refractivity contribution < 1.29 is 0 Å². The van der Waals surface area contributed by atoms with Crippen molar-refractivity contribution in [3.63, 3.8) is 0 Å². The Kier molecular flexibility index (Phi) is 4.09. The van der Waals surface area contributed by atoms with Crippen molar-refractivity contribution in [2.45, 2.75) is 26.8 Å². The van der Waals surface area contributed by atoms with Gasteiger partial charge in [-0.1, -0.05) is 6.92 Å². The Balaban J connectivity index is 2.09. The molecule has 5 nitrogen and oxygen atoms in total. The molecule has 1 N–H and O–H groups in total. The van der Waals surface area contributed by atoms with E-state index in [4.69, 9.17) is 0 Å². The first kappa shape index (κ1) is 12.8. The molecule has 0 aliphatic carbocycles. The number of nitrogens with one attached hydrogen (secondary N) is 1. The van der Waals surface area contributed by atoms with Crippen LogP contribution in [0.4, 0.5) is 5.13 Å². The molecule has 0 aliphatic heterocycles. The fraction of sp³-hybridized carbons (Fsp3) is 0.417. The van der Waals surface area contributed by atoms with Gasteiger partial charge in [0, 0.05) is 29.5 Å². The van der Waals surface area contributed by atoms with Crippen LogP contribution in [-0.2, 0) is 6.54 Å². The molecule has 0 radical (unpaired) electrons. The van der Waals surface area contributed by atoms with E-state index in [1.54, 1.807) is 28.3 Å². The van der Waals surface area contributed by atoms with Crippen molar-refractivity contribution >= 4 is 16.5 Å². The largest absolute Gasteiger partial charge is 0.362 e. The first-order valence-corrected chi connectivity index (χ1v) is 6.73. The third-order valence-electron chi connectivity index (χ3n) is 2.42. The molecule has 0 spiro atoms. The molecular weight excluding hydrogens is 248 g/mol. The molecule has 0 saturated heterocycles. The lowest BCUT2D eigenvalue weighted by molar-refractivity contribution is 0.728. The number of nitrogens with zero attached hydrogens (tertiary/aromatic N) is 3. The molecule has 0 aliphatic rings. The number of anilines is 1. The summed E-state index contributed by atoms with van der Waals surface area (Å²) in [6.45, 7) is 5.36. The fourth-order valence-corrected chi connectivity index (χ4v) is 2.33. The Morgan fingerprint density at radius 3 is 3.06 bits per heavy atom. The van der Waals surface area contributed by atoms with Crippen LogP contribution in [0.5, 0.6) is 0 Å². The van der Waals surface area contributed by atoms with Crippen LogP contribution in [-0.4, -0.2) is 21.1 Å². The minimum absolute atomic E-state index is 0.216. The molecule has 0 saturated carbocycles. The maximum absolute atomic E-state index is 11.6. The van der Waals surface area contributed by atoms with Crippen LogP contribution in [0.25, 0.3) is 0 Å². The van der Waals surface area contributed by atoms with Crippen LogP contribution in [0.15, 0.2) is 23.3 Å². The first-order chi connectivity index (χ1) is 8.69. The van der Waals surface area contributed by atoms with Gasteiger partial charge >= 0.3 is 5.69 Å². The second-order valence-electron chi connectivity index (χ2n) is 4.04. The number of aryl methyl sites for hydroxylation is 1. The van der Waals surface area contributed by atoms with Crippen LogP contribution >= 0.6 is 11.3 Å². The summed E-state index contributed by atoms with van der Waals surface area (Å²) in [7, 11) is 0. The Bertz CT molecular complexity index is 575. The van der Waals surface area contributed by atoms with Gasteiger partial charge in [-0.2, -0.15) is 4.98 Å². The Labute approximate surface area is 110 Å². The van der Waals surface area contributed by atoms with Gasteiger partial charge in [-0.25, -0.2) is 9.78 Å². The van der Waals surface area contributed by atoms with E-state index in [1.807, 2.05) is 13.0 Å². The maximum atomic E-state index is 11.6. The van der Waals surface area contributed by atoms with Crippen molar-refractivity contribution in [3.05, 3.63) is 39.5 Å². The molecule has 0 aromatic carbocycles. The summed E-state index contributed by atoms with van der Waals surface area (Å²) in [5.74, 6) is 0. The van der Waals surface area contributed by atoms with Crippen LogP contribution in [0.1, 0.15) is 23.9 Å². The standard InChI is InChI=1S/C12H16N4OS/c1-3-5-13-11-14-7-10(18-11)8-16-6-4-9(2)15-12(16)17/h4,6-7H,3,5,8H2,1-2H3,(H,13,14). The van der Waals surface area contributed by atoms with Gasteiger partial charge in [0.2, 0.25) is 0 Å². The maximum Gasteiger partial charge on any atom is 0.348 e. The summed E-state index contributed by atoms with van der Waals surface area (Å²) in [5, 5.41) is 4.13. The fourth-order valence-electron chi connectivity index (χ4n) is 1.50. The monoisotopic (exact) mass is 264 g/mol. The van der Waals surface area contributed by atoms with Crippen LogP contribution < -0.4 is 11.0 Å². The van der Waals surface area contributed by atoms with Gasteiger partial charge in [0.15, 0.2) is 5.13 Å². The summed E-state index contributed by atoms with van der Waals surface area (Å²) >= 11 is 1.57. The van der Waals surface area contributed by atoms with Crippen LogP contribution in [0.2, 0.25) is 0 Å². The summed E-state index contributed by atoms with van der Waals surface area (Å²) in [6.07, 6.45) is 4.63. The minimum Gasteiger partial charge on any atom is -0.362 e. The zero-order chi connectivity index (χ0) is 13.0. The van der Waals surface area contributed by atoms with E-state index < -0.39 is 0 Å². The average Bonchev–Trinajstić information content (AvgIpc) is 2.78.